The number of aliphatic hydroxyl groups excluding tert-OH is 3. The van der Waals surface area contributed by atoms with Crippen LogP contribution < -0.4 is 15.9 Å². The van der Waals surface area contributed by atoms with E-state index < -0.39 is 70.1 Å². The van der Waals surface area contributed by atoms with Crippen molar-refractivity contribution < 1.29 is 67.4 Å². The lowest BCUT2D eigenvalue weighted by molar-refractivity contribution is -0.147. The average Bonchev–Trinajstić information content (AvgIpc) is 2.93. The van der Waals surface area contributed by atoms with Gasteiger partial charge in [-0.25, -0.2) is 10.2 Å². The van der Waals surface area contributed by atoms with E-state index in [1.54, 1.807) is 0 Å². The summed E-state index contributed by atoms with van der Waals surface area (Å²) in [6.45, 7) is 8.47. The fourth-order valence-corrected chi connectivity index (χ4v) is 3.94. The predicted molar refractivity (Wildman–Crippen MR) is 177 cm³/mol. The number of aliphatic hydroxyl groups is 3. The number of ether oxygens (including phenoxy) is 3. The highest BCUT2D eigenvalue weighted by molar-refractivity contribution is 8.08. The Bertz CT molecular complexity index is 884. The number of carbonyl (C=O) groups is 3. The fraction of sp³-hybridized carbons (Fsp3) is 0.875. The van der Waals surface area contributed by atoms with Gasteiger partial charge in [0.05, 0.1) is 39.6 Å². The number of nitrogens with one attached hydrogen (secondary N) is 2. The van der Waals surface area contributed by atoms with Gasteiger partial charge in [-0.15, -0.1) is 0 Å². The van der Waals surface area contributed by atoms with Crippen molar-refractivity contribution in [2.24, 2.45) is 5.73 Å². The van der Waals surface area contributed by atoms with Crippen LogP contribution in [0.3, 0.4) is 0 Å². The zero-order valence-corrected chi connectivity index (χ0v) is 31.5. The van der Waals surface area contributed by atoms with E-state index in [2.05, 4.69) is 10.2 Å². The van der Waals surface area contributed by atoms with Crippen LogP contribution in [-0.4, -0.2) is 121 Å². The molecule has 22 heteroatoms. The van der Waals surface area contributed by atoms with E-state index in [0.29, 0.717) is 19.4 Å². The van der Waals surface area contributed by atoms with Gasteiger partial charge in [0.1, 0.15) is 18.1 Å². The number of halogens is 2. The van der Waals surface area contributed by atoms with Gasteiger partial charge in [0.15, 0.2) is 0 Å². The molecular formula is C24H54Cl2N3O14P3. The molecule has 0 aromatic heterocycles. The van der Waals surface area contributed by atoms with Gasteiger partial charge >= 0.3 is 25.5 Å². The molecule has 0 radical (unpaired) electrons. The molecule has 3 atom stereocenters. The molecule has 0 aromatic carbocycles. The number of rotatable bonds is 19. The van der Waals surface area contributed by atoms with Crippen molar-refractivity contribution in [2.75, 3.05) is 59.6 Å². The van der Waals surface area contributed by atoms with Crippen molar-refractivity contribution in [1.82, 2.24) is 10.2 Å². The normalized spacial score (nSPS) is 14.2. The molecule has 3 unspecified atom stereocenters. The first kappa shape index (κ1) is 52.2. The first-order chi connectivity index (χ1) is 21.0. The van der Waals surface area contributed by atoms with Gasteiger partial charge in [-0.2, -0.15) is 0 Å². The van der Waals surface area contributed by atoms with Crippen LogP contribution in [0.1, 0.15) is 59.3 Å². The smallest absolute Gasteiger partial charge is 0.325 e. The lowest BCUT2D eigenvalue weighted by Gasteiger charge is -2.25. The Kier molecular flexibility index (Phi) is 34.5. The number of esters is 3. The lowest BCUT2D eigenvalue weighted by Crippen LogP contribution is -2.46. The largest absolute Gasteiger partial charge is 0.464 e. The highest BCUT2D eigenvalue weighted by Crippen LogP contribution is 2.52. The minimum Gasteiger partial charge on any atom is -0.464 e. The standard InChI is InChI=1S/C15H31N2O7P.C7H15NO3.CH3Cl2OP.CH5O3P/c1-4-6-8-23-14(20)12(10-18)16-25(3,22)17-13(11-19)15(21)24-9-7-5-2;1-2-3-4-11-7(10)6(8)5-9;2*1-5(2,3)4/h12-13,18-19H,4-11H2,1-3H3,(H2,16,17,22);6,9H,2-5,8H2,1H3;1H3;1H3,(H2,2,3,4). The van der Waals surface area contributed by atoms with Crippen molar-refractivity contribution in [3.8, 4) is 0 Å². The maximum absolute atomic E-state index is 12.6. The zero-order chi connectivity index (χ0) is 37.0. The van der Waals surface area contributed by atoms with Crippen molar-refractivity contribution in [3.63, 3.8) is 0 Å². The molecule has 0 heterocycles. The SMILES string of the molecule is CCCCOC(=O)C(CO)NP(C)(=O)NC(CO)C(=O)OCCCC.CCCCOC(=O)C(N)CO.CP(=O)(Cl)Cl.CP(=O)(O)O. The lowest BCUT2D eigenvalue weighted by atomic mass is 10.3. The molecule has 0 bridgehead atoms. The van der Waals surface area contributed by atoms with Crippen LogP contribution in [-0.2, 0) is 42.3 Å². The first-order valence-electron chi connectivity index (χ1n) is 14.2. The van der Waals surface area contributed by atoms with Gasteiger partial charge in [0, 0.05) is 20.0 Å². The Morgan fingerprint density at radius 1 is 0.674 bits per heavy atom. The van der Waals surface area contributed by atoms with Gasteiger partial charge in [0.25, 0.3) is 0 Å². The molecule has 9 N–H and O–H groups in total. The highest BCUT2D eigenvalue weighted by atomic mass is 35.9. The Hall–Kier alpha value is -0.640. The summed E-state index contributed by atoms with van der Waals surface area (Å²) >= 11 is 9.70. The molecule has 0 amide bonds. The molecule has 0 aliphatic heterocycles. The van der Waals surface area contributed by atoms with Crippen molar-refractivity contribution in [2.45, 2.75) is 77.4 Å². The Balaban J connectivity index is -0.000000341. The summed E-state index contributed by atoms with van der Waals surface area (Å²) < 4.78 is 46.3. The van der Waals surface area contributed by atoms with Crippen LogP contribution in [0.5, 0.6) is 0 Å². The summed E-state index contributed by atoms with van der Waals surface area (Å²) in [5.41, 5.74) is 5.17. The quantitative estimate of drug-likeness (QED) is 0.0404. The number of hydrogen-bond acceptors (Lipinski definition) is 13. The fourth-order valence-electron chi connectivity index (χ4n) is 2.30. The molecule has 0 aliphatic carbocycles. The third-order valence-corrected chi connectivity index (χ3v) is 6.07. The van der Waals surface area contributed by atoms with Crippen molar-refractivity contribution in [1.29, 1.82) is 0 Å². The van der Waals surface area contributed by atoms with E-state index in [-0.39, 0.29) is 19.8 Å². The van der Waals surface area contributed by atoms with Gasteiger partial charge in [0.2, 0.25) is 13.3 Å². The molecule has 0 rings (SSSR count). The molecule has 17 nitrogen and oxygen atoms in total. The first-order valence-corrected chi connectivity index (χ1v) is 22.4. The monoisotopic (exact) mass is 771 g/mol. The molecule has 0 saturated heterocycles. The molecule has 0 fully saturated rings. The van der Waals surface area contributed by atoms with Crippen molar-refractivity contribution in [3.05, 3.63) is 0 Å². The third kappa shape index (κ3) is 43.4. The topological polar surface area (TPSA) is 281 Å². The minimum absolute atomic E-state index is 0.206. The van der Waals surface area contributed by atoms with E-state index in [4.69, 9.17) is 57.3 Å². The second-order valence-electron chi connectivity index (χ2n) is 9.56. The van der Waals surface area contributed by atoms with Crippen LogP contribution >= 0.6 is 43.4 Å². The Morgan fingerprint density at radius 2 is 0.935 bits per heavy atom. The molecule has 0 spiro atoms. The maximum atomic E-state index is 12.6. The van der Waals surface area contributed by atoms with E-state index in [1.165, 1.54) is 13.3 Å². The summed E-state index contributed by atoms with van der Waals surface area (Å²) in [4.78, 5) is 49.7. The van der Waals surface area contributed by atoms with Crippen LogP contribution in [0.2, 0.25) is 0 Å². The van der Waals surface area contributed by atoms with Crippen LogP contribution in [0.25, 0.3) is 0 Å². The summed E-state index contributed by atoms with van der Waals surface area (Å²) in [6.07, 6.45) is 4.86. The summed E-state index contributed by atoms with van der Waals surface area (Å²) in [6, 6.07) is -3.28. The minimum atomic E-state index is -3.64. The molecule has 0 aromatic rings. The van der Waals surface area contributed by atoms with Gasteiger partial charge in [-0.1, -0.05) is 40.0 Å². The number of hydrogen-bond donors (Lipinski definition) is 8. The average molecular weight is 773 g/mol. The van der Waals surface area contributed by atoms with Gasteiger partial charge in [-0.3, -0.25) is 28.1 Å². The Morgan fingerprint density at radius 3 is 1.15 bits per heavy atom. The summed E-state index contributed by atoms with van der Waals surface area (Å²) in [5.74, 6) is -4.68. The number of nitrogens with two attached hydrogens (primary N) is 1. The van der Waals surface area contributed by atoms with E-state index in [9.17, 15) is 38.3 Å². The van der Waals surface area contributed by atoms with Gasteiger partial charge in [-0.05, 0) is 41.7 Å². The third-order valence-electron chi connectivity index (χ3n) is 4.46. The number of carbonyl (C=O) groups excluding carboxylic acids is 3. The van der Waals surface area contributed by atoms with Crippen LogP contribution in [0.15, 0.2) is 0 Å². The summed E-state index contributed by atoms with van der Waals surface area (Å²) in [7, 11) is -7.08. The maximum Gasteiger partial charge on any atom is 0.325 e. The number of unbranched alkanes of at least 4 members (excludes halogenated alkanes) is 3. The van der Waals surface area contributed by atoms with Crippen LogP contribution in [0.4, 0.5) is 0 Å². The molecule has 0 saturated carbocycles. The predicted octanol–water partition coefficient (Wildman–Crippen LogP) is 2.13. The van der Waals surface area contributed by atoms with E-state index in [0.717, 1.165) is 32.3 Å². The van der Waals surface area contributed by atoms with Crippen molar-refractivity contribution >= 4 is 61.3 Å². The van der Waals surface area contributed by atoms with E-state index in [1.807, 2.05) is 20.8 Å². The van der Waals surface area contributed by atoms with Crippen LogP contribution in [0, 0.1) is 0 Å². The second-order valence-corrected chi connectivity index (χ2v) is 19.4. The van der Waals surface area contributed by atoms with E-state index >= 15 is 0 Å². The Labute approximate surface area is 281 Å². The molecular weight excluding hydrogens is 718 g/mol. The second kappa shape index (κ2) is 30.4. The molecule has 278 valence electrons. The highest BCUT2D eigenvalue weighted by Gasteiger charge is 2.31. The summed E-state index contributed by atoms with van der Waals surface area (Å²) in [5, 5.41) is 32.0. The zero-order valence-electron chi connectivity index (χ0n) is 27.3. The molecule has 0 aliphatic rings. The van der Waals surface area contributed by atoms with Gasteiger partial charge < -0.3 is 45.1 Å². The molecule has 46 heavy (non-hydrogen) atoms.